The van der Waals surface area contributed by atoms with Crippen molar-refractivity contribution >= 4 is 0 Å². The van der Waals surface area contributed by atoms with E-state index in [1.807, 2.05) is 12.4 Å². The highest BCUT2D eigenvalue weighted by molar-refractivity contribution is 5.15. The maximum absolute atomic E-state index is 4.51. The van der Waals surface area contributed by atoms with Crippen molar-refractivity contribution in [1.29, 1.82) is 0 Å². The van der Waals surface area contributed by atoms with Crippen molar-refractivity contribution in [2.75, 3.05) is 19.6 Å². The highest BCUT2D eigenvalue weighted by Crippen LogP contribution is 2.29. The van der Waals surface area contributed by atoms with Gasteiger partial charge in [0, 0.05) is 51.7 Å². The standard InChI is InChI=1S/C19H26N4/c1-21-10-9-20-19(21)15-22-11-17-7-8-18(14-22)23(13-17)12-16-5-3-2-4-6-16/h2-6,9-10,17-18H,7-8,11-15H2,1H3/t17-,18+/m1/s1. The monoisotopic (exact) mass is 310 g/mol. The lowest BCUT2D eigenvalue weighted by molar-refractivity contribution is 0.123. The number of aromatic nitrogens is 2. The van der Waals surface area contributed by atoms with E-state index in [0.717, 1.165) is 19.0 Å². The predicted molar refractivity (Wildman–Crippen MR) is 91.8 cm³/mol. The fourth-order valence-electron chi connectivity index (χ4n) is 4.17. The van der Waals surface area contributed by atoms with Crippen LogP contribution in [0, 0.1) is 5.92 Å². The molecule has 1 aromatic heterocycles. The zero-order chi connectivity index (χ0) is 15.6. The van der Waals surface area contributed by atoms with E-state index in [4.69, 9.17) is 0 Å². The molecule has 2 atom stereocenters. The largest absolute Gasteiger partial charge is 0.337 e. The van der Waals surface area contributed by atoms with Gasteiger partial charge in [-0.3, -0.25) is 9.80 Å². The van der Waals surface area contributed by atoms with Crippen LogP contribution in [-0.4, -0.2) is 45.0 Å². The quantitative estimate of drug-likeness (QED) is 0.867. The van der Waals surface area contributed by atoms with Crippen molar-refractivity contribution in [2.45, 2.75) is 32.0 Å². The molecule has 0 aliphatic carbocycles. The first-order valence-corrected chi connectivity index (χ1v) is 8.74. The lowest BCUT2D eigenvalue weighted by atomic mass is 9.94. The van der Waals surface area contributed by atoms with E-state index in [9.17, 15) is 0 Å². The molecule has 23 heavy (non-hydrogen) atoms. The van der Waals surface area contributed by atoms with Crippen LogP contribution >= 0.6 is 0 Å². The fourth-order valence-corrected chi connectivity index (χ4v) is 4.17. The molecule has 0 radical (unpaired) electrons. The minimum absolute atomic E-state index is 0.689. The maximum Gasteiger partial charge on any atom is 0.122 e. The smallest absolute Gasteiger partial charge is 0.122 e. The maximum atomic E-state index is 4.51. The Balaban J connectivity index is 1.45. The third kappa shape index (κ3) is 3.33. The first-order chi connectivity index (χ1) is 11.3. The molecule has 5 rings (SSSR count). The molecule has 3 fully saturated rings. The number of fused-ring (bicyclic) bond motifs is 4. The van der Waals surface area contributed by atoms with Gasteiger partial charge in [-0.25, -0.2) is 4.98 Å². The van der Waals surface area contributed by atoms with Gasteiger partial charge in [-0.15, -0.1) is 0 Å². The van der Waals surface area contributed by atoms with Gasteiger partial charge in [-0.2, -0.15) is 0 Å². The van der Waals surface area contributed by atoms with Crippen LogP contribution < -0.4 is 0 Å². The van der Waals surface area contributed by atoms with Crippen LogP contribution in [-0.2, 0) is 20.1 Å². The molecule has 0 saturated carbocycles. The SMILES string of the molecule is Cn1ccnc1CN1C[C@H]2CC[C@@H](C1)N(Cc1ccccc1)C2. The van der Waals surface area contributed by atoms with Crippen LogP contribution in [0.1, 0.15) is 24.2 Å². The second-order valence-electron chi connectivity index (χ2n) is 7.16. The third-order valence-corrected chi connectivity index (χ3v) is 5.42. The van der Waals surface area contributed by atoms with Crippen LogP contribution in [0.5, 0.6) is 0 Å². The van der Waals surface area contributed by atoms with E-state index in [1.54, 1.807) is 0 Å². The fraction of sp³-hybridized carbons (Fsp3) is 0.526. The molecule has 0 spiro atoms. The van der Waals surface area contributed by atoms with E-state index in [2.05, 4.69) is 56.7 Å². The van der Waals surface area contributed by atoms with Gasteiger partial charge in [-0.05, 0) is 24.3 Å². The number of nitrogens with zero attached hydrogens (tertiary/aromatic N) is 4. The van der Waals surface area contributed by atoms with Crippen LogP contribution in [0.4, 0.5) is 0 Å². The van der Waals surface area contributed by atoms with Crippen molar-refractivity contribution in [2.24, 2.45) is 13.0 Å². The number of hydrogen-bond donors (Lipinski definition) is 0. The Morgan fingerprint density at radius 2 is 1.91 bits per heavy atom. The molecular weight excluding hydrogens is 284 g/mol. The Kier molecular flexibility index (Phi) is 4.19. The molecule has 0 N–H and O–H groups in total. The Labute approximate surface area is 138 Å². The third-order valence-electron chi connectivity index (χ3n) is 5.42. The molecule has 4 heterocycles. The van der Waals surface area contributed by atoms with Crippen LogP contribution in [0.2, 0.25) is 0 Å². The zero-order valence-electron chi connectivity index (χ0n) is 13.9. The summed E-state index contributed by atoms with van der Waals surface area (Å²) in [5.74, 6) is 1.98. The summed E-state index contributed by atoms with van der Waals surface area (Å²) in [6.45, 7) is 5.72. The van der Waals surface area contributed by atoms with Crippen molar-refractivity contribution in [3.63, 3.8) is 0 Å². The minimum atomic E-state index is 0.689. The molecule has 3 aliphatic rings. The van der Waals surface area contributed by atoms with Crippen LogP contribution in [0.25, 0.3) is 0 Å². The highest BCUT2D eigenvalue weighted by atomic mass is 15.3. The molecule has 0 amide bonds. The number of piperidine rings is 1. The summed E-state index contributed by atoms with van der Waals surface area (Å²) >= 11 is 0. The Morgan fingerprint density at radius 3 is 2.70 bits per heavy atom. The topological polar surface area (TPSA) is 24.3 Å². The van der Waals surface area contributed by atoms with E-state index < -0.39 is 0 Å². The van der Waals surface area contributed by atoms with Crippen molar-refractivity contribution in [1.82, 2.24) is 19.4 Å². The van der Waals surface area contributed by atoms with Gasteiger partial charge >= 0.3 is 0 Å². The molecular formula is C19H26N4. The normalized spacial score (nSPS) is 25.6. The van der Waals surface area contributed by atoms with E-state index >= 15 is 0 Å². The Morgan fingerprint density at radius 1 is 1.04 bits per heavy atom. The van der Waals surface area contributed by atoms with Gasteiger partial charge in [-0.1, -0.05) is 30.3 Å². The number of hydrogen-bond acceptors (Lipinski definition) is 3. The van der Waals surface area contributed by atoms with E-state index in [0.29, 0.717) is 6.04 Å². The summed E-state index contributed by atoms with van der Waals surface area (Å²) < 4.78 is 2.15. The molecule has 2 bridgehead atoms. The highest BCUT2D eigenvalue weighted by Gasteiger charge is 2.34. The van der Waals surface area contributed by atoms with Crippen molar-refractivity contribution < 1.29 is 0 Å². The molecule has 0 unspecified atom stereocenters. The second kappa shape index (κ2) is 6.46. The van der Waals surface area contributed by atoms with E-state index in [-0.39, 0.29) is 0 Å². The van der Waals surface area contributed by atoms with E-state index in [1.165, 1.54) is 43.9 Å². The molecule has 4 heteroatoms. The van der Waals surface area contributed by atoms with Gasteiger partial charge < -0.3 is 4.57 Å². The average molecular weight is 310 g/mol. The van der Waals surface area contributed by atoms with Gasteiger partial charge in [0.1, 0.15) is 5.82 Å². The van der Waals surface area contributed by atoms with Gasteiger partial charge in [0.05, 0.1) is 6.54 Å². The summed E-state index contributed by atoms with van der Waals surface area (Å²) in [7, 11) is 2.09. The number of rotatable bonds is 4. The summed E-state index contributed by atoms with van der Waals surface area (Å²) in [5.41, 5.74) is 1.44. The molecule has 3 saturated heterocycles. The van der Waals surface area contributed by atoms with Gasteiger partial charge in [0.25, 0.3) is 0 Å². The molecule has 1 aromatic carbocycles. The first-order valence-electron chi connectivity index (χ1n) is 8.74. The Bertz CT molecular complexity index is 636. The summed E-state index contributed by atoms with van der Waals surface area (Å²) in [5, 5.41) is 0. The first kappa shape index (κ1) is 14.9. The lowest BCUT2D eigenvalue weighted by Gasteiger charge is -2.36. The molecule has 3 aliphatic heterocycles. The molecule has 4 nitrogen and oxygen atoms in total. The van der Waals surface area contributed by atoms with Gasteiger partial charge in [0.2, 0.25) is 0 Å². The lowest BCUT2D eigenvalue weighted by Crippen LogP contribution is -2.43. The number of aryl methyl sites for hydroxylation is 1. The minimum Gasteiger partial charge on any atom is -0.337 e. The second-order valence-corrected chi connectivity index (χ2v) is 7.16. The Hall–Kier alpha value is -1.65. The molecule has 122 valence electrons. The van der Waals surface area contributed by atoms with Crippen molar-refractivity contribution in [3.05, 3.63) is 54.1 Å². The summed E-state index contributed by atoms with van der Waals surface area (Å²) in [6.07, 6.45) is 6.68. The zero-order valence-corrected chi connectivity index (χ0v) is 13.9. The predicted octanol–water partition coefficient (Wildman–Crippen LogP) is 2.52. The summed E-state index contributed by atoms with van der Waals surface area (Å²) in [4.78, 5) is 9.84. The number of imidazole rings is 1. The molecule has 2 aromatic rings. The van der Waals surface area contributed by atoms with Crippen LogP contribution in [0.15, 0.2) is 42.7 Å². The van der Waals surface area contributed by atoms with Crippen molar-refractivity contribution in [3.8, 4) is 0 Å². The van der Waals surface area contributed by atoms with Gasteiger partial charge in [0.15, 0.2) is 0 Å². The van der Waals surface area contributed by atoms with Crippen LogP contribution in [0.3, 0.4) is 0 Å². The number of benzene rings is 1. The summed E-state index contributed by atoms with van der Waals surface area (Å²) in [6, 6.07) is 11.6. The average Bonchev–Trinajstić information content (AvgIpc) is 2.78.